The normalized spacial score (nSPS) is 47.4. The second-order valence-corrected chi connectivity index (χ2v) is 10.7. The van der Waals surface area contributed by atoms with Crippen molar-refractivity contribution < 1.29 is 15.0 Å². The lowest BCUT2D eigenvalue weighted by molar-refractivity contribution is -0.214. The molecular weight excluding hydrogens is 336 g/mol. The zero-order valence-electron chi connectivity index (χ0n) is 16.5. The van der Waals surface area contributed by atoms with Crippen LogP contribution in [0.4, 0.5) is 0 Å². The summed E-state index contributed by atoms with van der Waals surface area (Å²) in [4.78, 5) is 12.7. The van der Waals surface area contributed by atoms with Gasteiger partial charge in [0.25, 0.3) is 0 Å². The Kier molecular flexibility index (Phi) is 2.80. The minimum Gasteiger partial charge on any atom is -0.365 e. The molecule has 2 bridgehead atoms. The summed E-state index contributed by atoms with van der Waals surface area (Å²) in [6, 6.07) is 0. The number of allylic oxidation sites excluding steroid dienone is 5. The first kappa shape index (κ1) is 16.7. The second-order valence-electron chi connectivity index (χ2n) is 10.7. The van der Waals surface area contributed by atoms with Gasteiger partial charge in [0.2, 0.25) is 0 Å². The van der Waals surface area contributed by atoms with Gasteiger partial charge in [0.15, 0.2) is 5.79 Å². The lowest BCUT2D eigenvalue weighted by atomic mass is 9.48. The molecule has 2 N–H and O–H groups in total. The molecule has 27 heavy (non-hydrogen) atoms. The van der Waals surface area contributed by atoms with Crippen LogP contribution >= 0.6 is 0 Å². The molecule has 1 spiro atoms. The molecule has 2 saturated carbocycles. The molecule has 6 aliphatic rings. The lowest BCUT2D eigenvalue weighted by Gasteiger charge is -2.55. The molecule has 3 nitrogen and oxygen atoms in total. The van der Waals surface area contributed by atoms with Gasteiger partial charge < -0.3 is 10.2 Å². The van der Waals surface area contributed by atoms with Gasteiger partial charge in [0.1, 0.15) is 5.78 Å². The molecule has 0 aliphatic heterocycles. The Balaban J connectivity index is 1.47. The predicted molar refractivity (Wildman–Crippen MR) is 103 cm³/mol. The molecule has 144 valence electrons. The van der Waals surface area contributed by atoms with Crippen molar-refractivity contribution in [1.29, 1.82) is 0 Å². The van der Waals surface area contributed by atoms with Crippen LogP contribution in [0, 0.1) is 27.6 Å². The first-order valence-corrected chi connectivity index (χ1v) is 10.8. The first-order valence-electron chi connectivity index (χ1n) is 10.8. The van der Waals surface area contributed by atoms with E-state index in [2.05, 4.69) is 25.2 Å². The summed E-state index contributed by atoms with van der Waals surface area (Å²) in [6.07, 6.45) is 15.5. The lowest BCUT2D eigenvalue weighted by Crippen LogP contribution is -2.51. The summed E-state index contributed by atoms with van der Waals surface area (Å²) in [5.41, 5.74) is 3.65. The Labute approximate surface area is 161 Å². The Morgan fingerprint density at radius 2 is 1.89 bits per heavy atom. The van der Waals surface area contributed by atoms with Crippen molar-refractivity contribution in [2.24, 2.45) is 27.6 Å². The molecule has 0 radical (unpaired) electrons. The fourth-order valence-corrected chi connectivity index (χ4v) is 8.21. The first-order chi connectivity index (χ1) is 12.7. The summed E-state index contributed by atoms with van der Waals surface area (Å²) < 4.78 is 0. The van der Waals surface area contributed by atoms with E-state index in [1.807, 2.05) is 0 Å². The fraction of sp³-hybridized carbons (Fsp3) is 0.708. The number of hydrogen-bond donors (Lipinski definition) is 2. The maximum atomic E-state index is 12.7. The minimum absolute atomic E-state index is 0.0139. The number of rotatable bonds is 1. The minimum atomic E-state index is -1.54. The highest BCUT2D eigenvalue weighted by Crippen LogP contribution is 2.77. The Hall–Kier alpha value is -1.19. The number of carbonyl (C=O) groups excluding carboxylic acids is 1. The Morgan fingerprint density at radius 1 is 1.11 bits per heavy atom. The van der Waals surface area contributed by atoms with Gasteiger partial charge in [-0.1, -0.05) is 30.7 Å². The van der Waals surface area contributed by atoms with E-state index in [4.69, 9.17) is 0 Å². The molecule has 0 saturated heterocycles. The molecule has 1 unspecified atom stereocenters. The van der Waals surface area contributed by atoms with Crippen molar-refractivity contribution in [3.63, 3.8) is 0 Å². The summed E-state index contributed by atoms with van der Waals surface area (Å²) in [6.45, 7) is 4.13. The van der Waals surface area contributed by atoms with E-state index in [0.717, 1.165) is 51.4 Å². The van der Waals surface area contributed by atoms with E-state index >= 15 is 0 Å². The number of carbonyl (C=O) groups is 1. The number of aliphatic hydroxyl groups is 2. The van der Waals surface area contributed by atoms with Crippen molar-refractivity contribution in [1.82, 2.24) is 0 Å². The summed E-state index contributed by atoms with van der Waals surface area (Å²) >= 11 is 0. The Morgan fingerprint density at radius 3 is 2.52 bits per heavy atom. The van der Waals surface area contributed by atoms with Crippen LogP contribution in [0.3, 0.4) is 0 Å². The smallest absolute Gasteiger partial charge is 0.172 e. The molecule has 2 fully saturated rings. The molecule has 4 atom stereocenters. The predicted octanol–water partition coefficient (Wildman–Crippen LogP) is 4.21. The summed E-state index contributed by atoms with van der Waals surface area (Å²) in [7, 11) is 0. The molecule has 0 aromatic rings. The van der Waals surface area contributed by atoms with E-state index in [1.54, 1.807) is 6.92 Å². The highest BCUT2D eigenvalue weighted by molar-refractivity contribution is 5.87. The quantitative estimate of drug-likeness (QED) is 0.540. The van der Waals surface area contributed by atoms with E-state index in [9.17, 15) is 15.0 Å². The molecule has 6 rings (SSSR count). The van der Waals surface area contributed by atoms with Crippen molar-refractivity contribution in [3.05, 3.63) is 34.9 Å². The third kappa shape index (κ3) is 1.60. The van der Waals surface area contributed by atoms with Gasteiger partial charge in [-0.05, 0) is 80.8 Å². The SMILES string of the molecule is CC(=O)[C@]12C=CC3(CC1)[C@@H]1CCC4=C(CC(O)(O)C5(CC5)C4)C1=CC[C@@]32C. The zero-order valence-corrected chi connectivity index (χ0v) is 16.5. The number of hydrogen-bond acceptors (Lipinski definition) is 3. The van der Waals surface area contributed by atoms with Gasteiger partial charge in [-0.25, -0.2) is 0 Å². The van der Waals surface area contributed by atoms with Crippen LogP contribution in [0.2, 0.25) is 0 Å². The molecule has 0 heterocycles. The molecule has 0 aromatic carbocycles. The zero-order chi connectivity index (χ0) is 18.9. The van der Waals surface area contributed by atoms with Crippen LogP contribution in [0.5, 0.6) is 0 Å². The molecule has 6 aliphatic carbocycles. The highest BCUT2D eigenvalue weighted by atomic mass is 16.5. The third-order valence-electron chi connectivity index (χ3n) is 10.2. The van der Waals surface area contributed by atoms with Crippen molar-refractivity contribution >= 4 is 5.78 Å². The maximum Gasteiger partial charge on any atom is 0.172 e. The third-order valence-corrected chi connectivity index (χ3v) is 10.2. The van der Waals surface area contributed by atoms with Crippen molar-refractivity contribution in [3.8, 4) is 0 Å². The molecular formula is C24H30O3. The summed E-state index contributed by atoms with van der Waals surface area (Å²) in [5.74, 6) is -0.789. The Bertz CT molecular complexity index is 870. The second kappa shape index (κ2) is 4.52. The highest BCUT2D eigenvalue weighted by Gasteiger charge is 2.72. The van der Waals surface area contributed by atoms with Crippen LogP contribution in [-0.4, -0.2) is 21.8 Å². The number of ketones is 1. The van der Waals surface area contributed by atoms with Gasteiger partial charge in [-0.2, -0.15) is 0 Å². The van der Waals surface area contributed by atoms with E-state index < -0.39 is 5.79 Å². The number of fused-ring (bicyclic) bond motifs is 2. The van der Waals surface area contributed by atoms with Crippen LogP contribution in [-0.2, 0) is 4.79 Å². The monoisotopic (exact) mass is 366 g/mol. The standard InChI is InChI=1S/C24H30O3/c1-15(25)22-9-11-23(12-10-22)19-4-3-16-13-21(7-8-21)24(26,27)14-18(16)17(19)5-6-20(22,23)2/h5,9,11,19,26-27H,3-4,6-8,10,12-14H2,1-2H3/t19-,20-,22+,23?/m1/s1. The number of Topliss-reactive ketones (excluding diaryl/α,β-unsaturated/α-hetero) is 1. The fourth-order valence-electron chi connectivity index (χ4n) is 8.21. The van der Waals surface area contributed by atoms with E-state index in [-0.39, 0.29) is 21.7 Å². The van der Waals surface area contributed by atoms with E-state index in [1.165, 1.54) is 16.7 Å². The maximum absolute atomic E-state index is 12.7. The average Bonchev–Trinajstić information content (AvgIpc) is 3.29. The van der Waals surface area contributed by atoms with Crippen LogP contribution < -0.4 is 0 Å². The largest absolute Gasteiger partial charge is 0.365 e. The topological polar surface area (TPSA) is 57.5 Å². The summed E-state index contributed by atoms with van der Waals surface area (Å²) in [5, 5.41) is 21.6. The van der Waals surface area contributed by atoms with Crippen LogP contribution in [0.1, 0.15) is 71.6 Å². The molecule has 0 amide bonds. The van der Waals surface area contributed by atoms with Gasteiger partial charge in [0.05, 0.1) is 5.41 Å². The van der Waals surface area contributed by atoms with Gasteiger partial charge in [-0.15, -0.1) is 0 Å². The van der Waals surface area contributed by atoms with Gasteiger partial charge in [0, 0.05) is 17.3 Å². The van der Waals surface area contributed by atoms with Gasteiger partial charge >= 0.3 is 0 Å². The molecule has 0 aromatic heterocycles. The van der Waals surface area contributed by atoms with Crippen molar-refractivity contribution in [2.45, 2.75) is 77.4 Å². The average molecular weight is 367 g/mol. The molecule has 3 heteroatoms. The van der Waals surface area contributed by atoms with Crippen molar-refractivity contribution in [2.75, 3.05) is 0 Å². The van der Waals surface area contributed by atoms with Gasteiger partial charge in [-0.3, -0.25) is 4.79 Å². The van der Waals surface area contributed by atoms with E-state index in [0.29, 0.717) is 18.1 Å². The van der Waals surface area contributed by atoms with Crippen LogP contribution in [0.25, 0.3) is 0 Å². The van der Waals surface area contributed by atoms with Crippen LogP contribution in [0.15, 0.2) is 34.9 Å².